The average Bonchev–Trinajstić information content (AvgIpc) is 3.12. The Hall–Kier alpha value is -1.04. The first kappa shape index (κ1) is 42.1. The van der Waals surface area contributed by atoms with Gasteiger partial charge in [0.1, 0.15) is 48.8 Å². The van der Waals surface area contributed by atoms with Gasteiger partial charge in [0.15, 0.2) is 12.6 Å². The van der Waals surface area contributed by atoms with E-state index in [1.54, 1.807) is 0 Å². The van der Waals surface area contributed by atoms with Crippen LogP contribution in [0.4, 0.5) is 0 Å². The van der Waals surface area contributed by atoms with Crippen LogP contribution in [0.3, 0.4) is 0 Å². The van der Waals surface area contributed by atoms with Crippen LogP contribution in [0.2, 0.25) is 0 Å². The fraction of sp³-hybridized carbons (Fsp3) is 0.905. The maximum absolute atomic E-state index is 12.0. The minimum absolute atomic E-state index is 0.0147. The zero-order chi connectivity index (χ0) is 40.3. The van der Waals surface area contributed by atoms with Crippen LogP contribution in [0, 0.1) is 44.3 Å². The standard InChI is InChI=1S/C42H68O13/c1-37(2)14-15-42(20-45)22(16-37)21-8-9-26-39(5)12-11-28(38(3,4)25(39)10-13-40(26,6)41(21,7)17-27(42)46)54-36-34(32(50)30(48)24(19-44)53-36)55-35-33(51)31(49)29(47)23(18-43)52-35/h8-9,22-25,27-36,43-51H,10-20H2,1-7H3/t22-,23-,24-,25+,27+,28+,29-,30+,31+,32+,33-,34-,35+,36+,39+,40-,41-,42-/m1/s1. The Morgan fingerprint density at radius 3 is 1.93 bits per heavy atom. The van der Waals surface area contributed by atoms with E-state index in [9.17, 15) is 46.0 Å². The molecule has 0 aromatic rings. The van der Waals surface area contributed by atoms with Gasteiger partial charge in [0.25, 0.3) is 0 Å². The first-order valence-electron chi connectivity index (χ1n) is 20.6. The van der Waals surface area contributed by atoms with Crippen LogP contribution in [0.1, 0.15) is 99.8 Å². The molecule has 18 atom stereocenters. The van der Waals surface area contributed by atoms with Gasteiger partial charge in [0, 0.05) is 10.8 Å². The fourth-order valence-corrected chi connectivity index (χ4v) is 13.1. The summed E-state index contributed by atoms with van der Waals surface area (Å²) in [5, 5.41) is 96.2. The molecule has 13 nitrogen and oxygen atoms in total. The first-order valence-corrected chi connectivity index (χ1v) is 20.6. The second-order valence-electron chi connectivity index (χ2n) is 20.4. The molecule has 4 saturated carbocycles. The highest BCUT2D eigenvalue weighted by Gasteiger charge is 2.68. The highest BCUT2D eigenvalue weighted by Crippen LogP contribution is 2.74. The van der Waals surface area contributed by atoms with Gasteiger partial charge in [-0.3, -0.25) is 0 Å². The van der Waals surface area contributed by atoms with Crippen LogP contribution in [0.25, 0.3) is 0 Å². The van der Waals surface area contributed by atoms with E-state index in [0.717, 1.165) is 38.5 Å². The van der Waals surface area contributed by atoms with Crippen LogP contribution in [-0.4, -0.2) is 139 Å². The van der Waals surface area contributed by atoms with Crippen molar-refractivity contribution in [1.82, 2.24) is 0 Å². The van der Waals surface area contributed by atoms with Gasteiger partial charge in [0.2, 0.25) is 0 Å². The van der Waals surface area contributed by atoms with E-state index in [0.29, 0.717) is 12.8 Å². The smallest absolute Gasteiger partial charge is 0.187 e. The monoisotopic (exact) mass is 780 g/mol. The Balaban J connectivity index is 1.17. The number of hydrogen-bond acceptors (Lipinski definition) is 13. The Kier molecular flexibility index (Phi) is 11.0. The van der Waals surface area contributed by atoms with E-state index >= 15 is 0 Å². The van der Waals surface area contributed by atoms with Gasteiger partial charge in [-0.15, -0.1) is 0 Å². The topological polar surface area (TPSA) is 219 Å². The number of ether oxygens (including phenoxy) is 4. The van der Waals surface area contributed by atoms with E-state index in [1.165, 1.54) is 11.1 Å². The van der Waals surface area contributed by atoms with Gasteiger partial charge in [-0.2, -0.15) is 0 Å². The Morgan fingerprint density at radius 1 is 0.655 bits per heavy atom. The molecule has 0 bridgehead atoms. The van der Waals surface area contributed by atoms with Crippen molar-refractivity contribution in [3.05, 3.63) is 23.3 Å². The van der Waals surface area contributed by atoms with Crippen molar-refractivity contribution in [2.45, 2.75) is 173 Å². The van der Waals surface area contributed by atoms with Crippen molar-refractivity contribution in [3.8, 4) is 0 Å². The molecule has 2 aliphatic heterocycles. The molecule has 0 spiro atoms. The van der Waals surface area contributed by atoms with Gasteiger partial charge < -0.3 is 64.9 Å². The predicted octanol–water partition coefficient (Wildman–Crippen LogP) is 1.68. The lowest BCUT2D eigenvalue weighted by molar-refractivity contribution is -0.377. The summed E-state index contributed by atoms with van der Waals surface area (Å²) in [7, 11) is 0. The minimum atomic E-state index is -1.75. The third kappa shape index (κ3) is 6.20. The number of aliphatic hydroxyl groups is 9. The molecule has 2 saturated heterocycles. The largest absolute Gasteiger partial charge is 0.396 e. The molecule has 55 heavy (non-hydrogen) atoms. The molecular formula is C42H68O13. The van der Waals surface area contributed by atoms with E-state index in [4.69, 9.17) is 18.9 Å². The minimum Gasteiger partial charge on any atom is -0.396 e. The van der Waals surface area contributed by atoms with Gasteiger partial charge in [-0.1, -0.05) is 71.8 Å². The Bertz CT molecular complexity index is 1500. The highest BCUT2D eigenvalue weighted by atomic mass is 16.8. The molecule has 0 aromatic heterocycles. The lowest BCUT2D eigenvalue weighted by atomic mass is 9.35. The van der Waals surface area contributed by atoms with Crippen LogP contribution < -0.4 is 0 Å². The molecule has 9 N–H and O–H groups in total. The maximum atomic E-state index is 12.0. The highest BCUT2D eigenvalue weighted by molar-refractivity contribution is 5.46. The molecule has 7 rings (SSSR count). The second kappa shape index (κ2) is 14.3. The molecule has 13 heteroatoms. The van der Waals surface area contributed by atoms with Crippen LogP contribution in [0.5, 0.6) is 0 Å². The summed E-state index contributed by atoms with van der Waals surface area (Å²) < 4.78 is 24.4. The summed E-state index contributed by atoms with van der Waals surface area (Å²) in [6, 6.07) is 0. The van der Waals surface area contributed by atoms with Gasteiger partial charge >= 0.3 is 0 Å². The van der Waals surface area contributed by atoms with Crippen LogP contribution in [0.15, 0.2) is 23.3 Å². The molecule has 0 aromatic carbocycles. The third-order valence-electron chi connectivity index (χ3n) is 16.8. The lowest BCUT2D eigenvalue weighted by Gasteiger charge is -2.69. The zero-order valence-electron chi connectivity index (χ0n) is 33.7. The maximum Gasteiger partial charge on any atom is 0.187 e. The van der Waals surface area contributed by atoms with Crippen molar-refractivity contribution in [3.63, 3.8) is 0 Å². The number of allylic oxidation sites excluding steroid dienone is 4. The summed E-state index contributed by atoms with van der Waals surface area (Å²) in [6.45, 7) is 14.8. The summed E-state index contributed by atoms with van der Waals surface area (Å²) in [6.07, 6.45) is -4.88. The molecular weight excluding hydrogens is 712 g/mol. The zero-order valence-corrected chi connectivity index (χ0v) is 33.7. The molecule has 0 radical (unpaired) electrons. The number of fused-ring (bicyclic) bond motifs is 7. The van der Waals surface area contributed by atoms with Gasteiger partial charge in [-0.25, -0.2) is 0 Å². The summed E-state index contributed by atoms with van der Waals surface area (Å²) in [4.78, 5) is 0. The Labute approximate surface area is 325 Å². The quantitative estimate of drug-likeness (QED) is 0.168. The normalized spacial score (nSPS) is 53.2. The summed E-state index contributed by atoms with van der Waals surface area (Å²) in [5.41, 5.74) is 1.19. The molecule has 5 aliphatic carbocycles. The van der Waals surface area contributed by atoms with Gasteiger partial charge in [0.05, 0.1) is 32.0 Å². The molecule has 0 unspecified atom stereocenters. The van der Waals surface area contributed by atoms with Crippen molar-refractivity contribution < 1.29 is 64.9 Å². The number of rotatable bonds is 7. The molecule has 314 valence electrons. The van der Waals surface area contributed by atoms with Gasteiger partial charge in [-0.05, 0) is 84.9 Å². The average molecular weight is 781 g/mol. The lowest BCUT2D eigenvalue weighted by Crippen LogP contribution is -2.66. The third-order valence-corrected chi connectivity index (χ3v) is 16.8. The summed E-state index contributed by atoms with van der Waals surface area (Å²) >= 11 is 0. The molecule has 2 heterocycles. The molecule has 0 amide bonds. The second-order valence-corrected chi connectivity index (χ2v) is 20.4. The SMILES string of the molecule is CC1(C)CC[C@@]2(CO)[C@H](C1)C1=CC=C3[C@@]4(C)CC[C@H](O[C@@H]5O[C@H](CO)[C@H](O)[C@H](O)[C@H]5O[C@@H]5O[C@H](CO)[C@@H](O)[C@H](O)[C@H]5O)C(C)(C)[C@@H]4CC[C@@]3(C)[C@]1(C)C[C@@H]2O. The summed E-state index contributed by atoms with van der Waals surface area (Å²) in [5.74, 6) is 0.258. The van der Waals surface area contributed by atoms with Crippen molar-refractivity contribution in [1.29, 1.82) is 0 Å². The van der Waals surface area contributed by atoms with E-state index in [2.05, 4.69) is 60.6 Å². The van der Waals surface area contributed by atoms with E-state index < -0.39 is 97.7 Å². The van der Waals surface area contributed by atoms with Crippen molar-refractivity contribution in [2.24, 2.45) is 44.3 Å². The van der Waals surface area contributed by atoms with Crippen molar-refractivity contribution in [2.75, 3.05) is 19.8 Å². The van der Waals surface area contributed by atoms with Crippen molar-refractivity contribution >= 4 is 0 Å². The number of hydrogen-bond donors (Lipinski definition) is 9. The Morgan fingerprint density at radius 2 is 1.29 bits per heavy atom. The van der Waals surface area contributed by atoms with E-state index in [-0.39, 0.29) is 40.1 Å². The fourth-order valence-electron chi connectivity index (χ4n) is 13.1. The van der Waals surface area contributed by atoms with Crippen LogP contribution >= 0.6 is 0 Å². The van der Waals surface area contributed by atoms with Crippen LogP contribution in [-0.2, 0) is 18.9 Å². The molecule has 7 aliphatic rings. The first-order chi connectivity index (χ1) is 25.7. The predicted molar refractivity (Wildman–Crippen MR) is 199 cm³/mol. The molecule has 6 fully saturated rings. The number of aliphatic hydroxyl groups excluding tert-OH is 9. The van der Waals surface area contributed by atoms with E-state index in [1.807, 2.05) is 0 Å².